The normalized spacial score (nSPS) is 10.2. The van der Waals surface area contributed by atoms with Crippen LogP contribution in [0, 0.1) is 18.3 Å². The van der Waals surface area contributed by atoms with Gasteiger partial charge >= 0.3 is 0 Å². The summed E-state index contributed by atoms with van der Waals surface area (Å²) in [6, 6.07) is 16.8. The molecule has 1 amide bonds. The Kier molecular flexibility index (Phi) is 6.27. The van der Waals surface area contributed by atoms with Gasteiger partial charge in [-0.25, -0.2) is 0 Å². The molecule has 7 nitrogen and oxygen atoms in total. The summed E-state index contributed by atoms with van der Waals surface area (Å²) in [6.07, 6.45) is 1.44. The highest BCUT2D eigenvalue weighted by atomic mass is 35.5. The molecule has 0 spiro atoms. The first-order valence-electron chi connectivity index (χ1n) is 8.82. The second kappa shape index (κ2) is 9.04. The quantitative estimate of drug-likeness (QED) is 0.611. The number of hydrogen-bond acceptors (Lipinski definition) is 5. The molecule has 8 heteroatoms. The van der Waals surface area contributed by atoms with E-state index in [0.29, 0.717) is 17.3 Å². The summed E-state index contributed by atoms with van der Waals surface area (Å²) >= 11 is 6.19. The highest BCUT2D eigenvalue weighted by Gasteiger charge is 2.16. The molecular formula is C21H18ClN5O2. The van der Waals surface area contributed by atoms with Gasteiger partial charge in [0.05, 0.1) is 12.6 Å². The first kappa shape index (κ1) is 20.1. The lowest BCUT2D eigenvalue weighted by Gasteiger charge is -2.17. The van der Waals surface area contributed by atoms with Crippen molar-refractivity contribution in [1.29, 1.82) is 5.26 Å². The highest BCUT2D eigenvalue weighted by molar-refractivity contribution is 6.31. The largest absolute Gasteiger partial charge is 0.339 e. The van der Waals surface area contributed by atoms with Gasteiger partial charge in [-0.15, -0.1) is 0 Å². The maximum absolute atomic E-state index is 12.5. The molecule has 3 aromatic rings. The Morgan fingerprint density at radius 3 is 2.69 bits per heavy atom. The van der Waals surface area contributed by atoms with E-state index >= 15 is 0 Å². The Morgan fingerprint density at radius 1 is 1.21 bits per heavy atom. The van der Waals surface area contributed by atoms with Gasteiger partial charge in [0.25, 0.3) is 11.5 Å². The van der Waals surface area contributed by atoms with Crippen molar-refractivity contribution in [2.45, 2.75) is 13.5 Å². The van der Waals surface area contributed by atoms with E-state index in [4.69, 9.17) is 16.9 Å². The van der Waals surface area contributed by atoms with E-state index in [0.717, 1.165) is 11.1 Å². The number of nitrogens with one attached hydrogen (secondary N) is 2. The van der Waals surface area contributed by atoms with Gasteiger partial charge in [0.1, 0.15) is 12.1 Å². The zero-order valence-corrected chi connectivity index (χ0v) is 16.4. The minimum atomic E-state index is -0.688. The fourth-order valence-corrected chi connectivity index (χ4v) is 2.90. The van der Waals surface area contributed by atoms with Gasteiger partial charge in [-0.1, -0.05) is 48.0 Å². The topological polar surface area (TPSA) is 99.8 Å². The van der Waals surface area contributed by atoms with E-state index in [1.807, 2.05) is 49.4 Å². The van der Waals surface area contributed by atoms with Crippen LogP contribution in [0.2, 0.25) is 5.02 Å². The highest BCUT2D eigenvalue weighted by Crippen LogP contribution is 2.25. The second-order valence-corrected chi connectivity index (χ2v) is 6.68. The molecule has 1 heterocycles. The zero-order valence-electron chi connectivity index (χ0n) is 15.6. The summed E-state index contributed by atoms with van der Waals surface area (Å²) in [5.41, 5.74) is 1.65. The van der Waals surface area contributed by atoms with Crippen molar-refractivity contribution in [3.8, 4) is 6.07 Å². The first-order chi connectivity index (χ1) is 14.0. The van der Waals surface area contributed by atoms with Crippen LogP contribution in [-0.2, 0) is 6.54 Å². The predicted molar refractivity (Wildman–Crippen MR) is 111 cm³/mol. The SMILES string of the molecule is Cc1c(Cl)cccc1Nc1nc(=O)c(C(=O)NCC#N)cn1Cc1ccccc1. The fourth-order valence-electron chi connectivity index (χ4n) is 2.73. The van der Waals surface area contributed by atoms with E-state index < -0.39 is 11.5 Å². The Balaban J connectivity index is 2.05. The molecule has 2 N–H and O–H groups in total. The van der Waals surface area contributed by atoms with Crippen LogP contribution in [0.5, 0.6) is 0 Å². The molecule has 0 fully saturated rings. The molecule has 29 heavy (non-hydrogen) atoms. The summed E-state index contributed by atoms with van der Waals surface area (Å²) in [6.45, 7) is 2.04. The molecule has 1 aromatic heterocycles. The monoisotopic (exact) mass is 407 g/mol. The number of benzene rings is 2. The van der Waals surface area contributed by atoms with Gasteiger partial charge in [-0.05, 0) is 30.2 Å². The van der Waals surface area contributed by atoms with Crippen LogP contribution in [0.1, 0.15) is 21.5 Å². The number of hydrogen-bond donors (Lipinski definition) is 2. The van der Waals surface area contributed by atoms with E-state index in [1.54, 1.807) is 16.7 Å². The predicted octanol–water partition coefficient (Wildman–Crippen LogP) is 3.25. The Bertz CT molecular complexity index is 1140. The molecular weight excluding hydrogens is 390 g/mol. The second-order valence-electron chi connectivity index (χ2n) is 6.28. The number of nitriles is 1. The molecule has 3 rings (SSSR count). The van der Waals surface area contributed by atoms with Gasteiger partial charge in [0, 0.05) is 16.9 Å². The Morgan fingerprint density at radius 2 is 1.97 bits per heavy atom. The van der Waals surface area contributed by atoms with Crippen molar-refractivity contribution in [2.24, 2.45) is 0 Å². The van der Waals surface area contributed by atoms with E-state index in [-0.39, 0.29) is 18.1 Å². The molecule has 0 aliphatic carbocycles. The lowest BCUT2D eigenvalue weighted by atomic mass is 10.2. The smallest absolute Gasteiger partial charge is 0.287 e. The molecule has 0 atom stereocenters. The van der Waals surface area contributed by atoms with E-state index in [9.17, 15) is 9.59 Å². The van der Waals surface area contributed by atoms with Crippen LogP contribution in [0.3, 0.4) is 0 Å². The summed E-state index contributed by atoms with van der Waals surface area (Å²) in [5, 5.41) is 14.7. The maximum atomic E-state index is 12.5. The number of halogens is 1. The summed E-state index contributed by atoms with van der Waals surface area (Å²) in [5.74, 6) is -0.364. The van der Waals surface area contributed by atoms with Crippen LogP contribution in [0.25, 0.3) is 0 Å². The first-order valence-corrected chi connectivity index (χ1v) is 9.20. The van der Waals surface area contributed by atoms with Crippen molar-refractivity contribution in [1.82, 2.24) is 14.9 Å². The third kappa shape index (κ3) is 4.81. The zero-order chi connectivity index (χ0) is 20.8. The molecule has 2 aromatic carbocycles. The minimum Gasteiger partial charge on any atom is -0.339 e. The third-order valence-corrected chi connectivity index (χ3v) is 4.69. The van der Waals surface area contributed by atoms with Crippen LogP contribution >= 0.6 is 11.6 Å². The lowest BCUT2D eigenvalue weighted by Crippen LogP contribution is -2.32. The number of nitrogens with zero attached hydrogens (tertiary/aromatic N) is 3. The average molecular weight is 408 g/mol. The lowest BCUT2D eigenvalue weighted by molar-refractivity contribution is 0.0956. The van der Waals surface area contributed by atoms with Crippen LogP contribution in [0.15, 0.2) is 59.5 Å². The van der Waals surface area contributed by atoms with Gasteiger partial charge < -0.3 is 15.2 Å². The van der Waals surface area contributed by atoms with Crippen molar-refractivity contribution >= 4 is 29.1 Å². The fraction of sp³-hybridized carbons (Fsp3) is 0.143. The number of carbonyl (C=O) groups is 1. The molecule has 0 saturated heterocycles. The standard InChI is InChI=1S/C21H18ClN5O2/c1-14-17(22)8-5-9-18(14)25-21-26-20(29)16(19(28)24-11-10-23)13-27(21)12-15-6-3-2-4-7-15/h2-9,13H,11-12H2,1H3,(H,24,28)(H,25,26,29). The number of carbonyl (C=O) groups excluding carboxylic acids is 1. The van der Waals surface area contributed by atoms with Crippen molar-refractivity contribution in [3.63, 3.8) is 0 Å². The van der Waals surface area contributed by atoms with E-state index in [2.05, 4.69) is 15.6 Å². The summed E-state index contributed by atoms with van der Waals surface area (Å²) < 4.78 is 1.68. The van der Waals surface area contributed by atoms with Gasteiger partial charge in [-0.3, -0.25) is 9.59 Å². The van der Waals surface area contributed by atoms with Gasteiger partial charge in [0.2, 0.25) is 5.95 Å². The number of amides is 1. The van der Waals surface area contributed by atoms with E-state index in [1.165, 1.54) is 6.20 Å². The summed E-state index contributed by atoms with van der Waals surface area (Å²) in [4.78, 5) is 28.8. The van der Waals surface area contributed by atoms with Crippen LogP contribution in [-0.4, -0.2) is 22.0 Å². The number of rotatable bonds is 6. The molecule has 0 aliphatic heterocycles. The minimum absolute atomic E-state index is 0.135. The number of anilines is 2. The van der Waals surface area contributed by atoms with Crippen molar-refractivity contribution in [3.05, 3.63) is 86.8 Å². The molecule has 0 unspecified atom stereocenters. The third-order valence-electron chi connectivity index (χ3n) is 4.28. The average Bonchev–Trinajstić information content (AvgIpc) is 2.72. The summed E-state index contributed by atoms with van der Waals surface area (Å²) in [7, 11) is 0. The molecule has 0 aliphatic rings. The van der Waals surface area contributed by atoms with Crippen LogP contribution in [0.4, 0.5) is 11.6 Å². The van der Waals surface area contributed by atoms with Gasteiger partial charge in [-0.2, -0.15) is 10.2 Å². The van der Waals surface area contributed by atoms with Crippen molar-refractivity contribution < 1.29 is 4.79 Å². The van der Waals surface area contributed by atoms with Crippen LogP contribution < -0.4 is 16.2 Å². The maximum Gasteiger partial charge on any atom is 0.287 e. The van der Waals surface area contributed by atoms with Crippen molar-refractivity contribution in [2.75, 3.05) is 11.9 Å². The molecule has 0 bridgehead atoms. The number of aromatic nitrogens is 2. The molecule has 0 radical (unpaired) electrons. The molecule has 146 valence electrons. The Hall–Kier alpha value is -3.63. The Labute approximate surface area is 172 Å². The van der Waals surface area contributed by atoms with Gasteiger partial charge in [0.15, 0.2) is 0 Å². The molecule has 0 saturated carbocycles.